The summed E-state index contributed by atoms with van der Waals surface area (Å²) in [6.07, 6.45) is 0.926. The quantitative estimate of drug-likeness (QED) is 0.574. The van der Waals surface area contributed by atoms with E-state index in [0.717, 1.165) is 33.8 Å². The van der Waals surface area contributed by atoms with E-state index in [4.69, 9.17) is 0 Å². The first-order valence-corrected chi connectivity index (χ1v) is 11.1. The Balaban J connectivity index is 1.33. The van der Waals surface area contributed by atoms with Crippen molar-refractivity contribution >= 4 is 45.5 Å². The monoisotopic (exact) mass is 410 g/mol. The van der Waals surface area contributed by atoms with Gasteiger partial charge in [-0.3, -0.25) is 4.79 Å². The van der Waals surface area contributed by atoms with E-state index in [-0.39, 0.29) is 5.91 Å². The smallest absolute Gasteiger partial charge is 0.237 e. The van der Waals surface area contributed by atoms with Crippen LogP contribution in [0.1, 0.15) is 30.9 Å². The molecule has 0 fully saturated rings. The Bertz CT molecular complexity index is 969. The molecule has 3 aromatic rings. The highest BCUT2D eigenvalue weighted by Gasteiger charge is 2.24. The summed E-state index contributed by atoms with van der Waals surface area (Å²) in [5.41, 5.74) is 4.58. The lowest BCUT2D eigenvalue weighted by molar-refractivity contribution is -0.116. The fourth-order valence-electron chi connectivity index (χ4n) is 3.19. The summed E-state index contributed by atoms with van der Waals surface area (Å²) in [6.45, 7) is 5.12. The Hall–Kier alpha value is -2.38. The van der Waals surface area contributed by atoms with Crippen LogP contribution >= 0.6 is 23.1 Å². The predicted octanol–water partition coefficient (Wildman–Crippen LogP) is 5.09. The van der Waals surface area contributed by atoms with Crippen LogP contribution in [0.4, 0.5) is 16.5 Å². The van der Waals surface area contributed by atoms with Gasteiger partial charge in [0.25, 0.3) is 0 Å². The van der Waals surface area contributed by atoms with Crippen molar-refractivity contribution in [3.8, 4) is 0 Å². The number of carbonyl (C=O) groups excluding carboxylic acids is 1. The Morgan fingerprint density at radius 2 is 1.96 bits per heavy atom. The molecular weight excluding hydrogens is 388 g/mol. The van der Waals surface area contributed by atoms with Crippen molar-refractivity contribution in [2.75, 3.05) is 22.5 Å². The van der Waals surface area contributed by atoms with Crippen molar-refractivity contribution in [2.45, 2.75) is 30.5 Å². The van der Waals surface area contributed by atoms with E-state index in [1.165, 1.54) is 34.2 Å². The highest BCUT2D eigenvalue weighted by molar-refractivity contribution is 8.01. The van der Waals surface area contributed by atoms with Gasteiger partial charge in [-0.1, -0.05) is 67.3 Å². The maximum atomic E-state index is 12.6. The van der Waals surface area contributed by atoms with Crippen molar-refractivity contribution in [1.82, 2.24) is 10.2 Å². The van der Waals surface area contributed by atoms with Crippen LogP contribution in [-0.2, 0) is 11.2 Å². The molecule has 7 heteroatoms. The molecule has 0 saturated carbocycles. The number of para-hydroxylation sites is 1. The van der Waals surface area contributed by atoms with Crippen LogP contribution in [0.5, 0.6) is 0 Å². The summed E-state index contributed by atoms with van der Waals surface area (Å²) in [4.78, 5) is 14.5. The molecular formula is C21H22N4OS2. The van der Waals surface area contributed by atoms with Crippen LogP contribution in [0.15, 0.2) is 52.9 Å². The van der Waals surface area contributed by atoms with Crippen LogP contribution in [0.2, 0.25) is 0 Å². The number of hydrogen-bond acceptors (Lipinski definition) is 6. The Morgan fingerprint density at radius 3 is 2.75 bits per heavy atom. The number of aromatic nitrogens is 2. The third-order valence-electron chi connectivity index (χ3n) is 4.74. The van der Waals surface area contributed by atoms with Gasteiger partial charge < -0.3 is 10.2 Å². The molecule has 144 valence electrons. The van der Waals surface area contributed by atoms with Crippen LogP contribution < -0.4 is 10.2 Å². The molecule has 0 unspecified atom stereocenters. The lowest BCUT2D eigenvalue weighted by Crippen LogP contribution is -2.30. The Kier molecular flexibility index (Phi) is 5.64. The highest BCUT2D eigenvalue weighted by Crippen LogP contribution is 2.31. The van der Waals surface area contributed by atoms with Crippen LogP contribution in [0.3, 0.4) is 0 Å². The van der Waals surface area contributed by atoms with Gasteiger partial charge in [-0.15, -0.1) is 10.2 Å². The van der Waals surface area contributed by atoms with Crippen molar-refractivity contribution in [2.24, 2.45) is 0 Å². The van der Waals surface area contributed by atoms with Crippen molar-refractivity contribution < 1.29 is 4.79 Å². The van der Waals surface area contributed by atoms with Gasteiger partial charge in [-0.25, -0.2) is 0 Å². The van der Waals surface area contributed by atoms with E-state index in [1.807, 2.05) is 23.1 Å². The van der Waals surface area contributed by atoms with Crippen LogP contribution in [0.25, 0.3) is 0 Å². The third kappa shape index (κ3) is 4.20. The molecule has 1 aliphatic rings. The fourth-order valence-corrected chi connectivity index (χ4v) is 4.84. The van der Waals surface area contributed by atoms with Gasteiger partial charge in [0.2, 0.25) is 11.0 Å². The number of benzene rings is 2. The maximum Gasteiger partial charge on any atom is 0.237 e. The number of nitrogens with one attached hydrogen (secondary N) is 1. The average molecular weight is 411 g/mol. The van der Waals surface area contributed by atoms with E-state index in [9.17, 15) is 4.79 Å². The summed E-state index contributed by atoms with van der Waals surface area (Å²) in [7, 11) is 0. The minimum absolute atomic E-state index is 0.115. The molecule has 2 heterocycles. The second-order valence-corrected chi connectivity index (χ2v) is 9.19. The van der Waals surface area contributed by atoms with Crippen molar-refractivity contribution in [3.63, 3.8) is 0 Å². The van der Waals surface area contributed by atoms with Gasteiger partial charge in [0.1, 0.15) is 0 Å². The number of carbonyl (C=O) groups is 1. The van der Waals surface area contributed by atoms with Gasteiger partial charge in [-0.05, 0) is 41.7 Å². The number of amides is 1. The van der Waals surface area contributed by atoms with Gasteiger partial charge in [0.15, 0.2) is 4.34 Å². The summed E-state index contributed by atoms with van der Waals surface area (Å²) < 4.78 is 0.794. The minimum Gasteiger partial charge on any atom is -0.330 e. The number of hydrogen-bond donors (Lipinski definition) is 1. The van der Waals surface area contributed by atoms with E-state index >= 15 is 0 Å². The SMILES string of the molecule is CC(C)c1ccc(Nc2nnc(SCC(=O)N3CCc4ccccc43)s2)cc1. The number of thioether (sulfide) groups is 1. The molecule has 1 aromatic heterocycles. The number of fused-ring (bicyclic) bond motifs is 1. The standard InChI is InChI=1S/C21H22N4OS2/c1-14(2)15-7-9-17(10-8-15)22-20-23-24-21(28-20)27-13-19(26)25-12-11-16-5-3-4-6-18(16)25/h3-10,14H,11-13H2,1-2H3,(H,22,23). The van der Waals surface area contributed by atoms with E-state index < -0.39 is 0 Å². The van der Waals surface area contributed by atoms with Crippen LogP contribution in [0, 0.1) is 0 Å². The number of nitrogens with zero attached hydrogens (tertiary/aromatic N) is 3. The van der Waals surface area contributed by atoms with Gasteiger partial charge in [0, 0.05) is 17.9 Å². The third-order valence-corrected chi connectivity index (χ3v) is 6.70. The second kappa shape index (κ2) is 8.32. The summed E-state index contributed by atoms with van der Waals surface area (Å²) in [6, 6.07) is 16.5. The lowest BCUT2D eigenvalue weighted by atomic mass is 10.0. The molecule has 2 aromatic carbocycles. The van der Waals surface area contributed by atoms with E-state index in [0.29, 0.717) is 11.7 Å². The first kappa shape index (κ1) is 19.0. The first-order valence-electron chi connectivity index (χ1n) is 9.32. The zero-order valence-electron chi connectivity index (χ0n) is 15.9. The molecule has 0 radical (unpaired) electrons. The van der Waals surface area contributed by atoms with E-state index in [1.54, 1.807) is 0 Å². The topological polar surface area (TPSA) is 58.1 Å². The molecule has 0 aliphatic carbocycles. The molecule has 0 bridgehead atoms. The Morgan fingerprint density at radius 1 is 1.18 bits per heavy atom. The normalized spacial score (nSPS) is 13.0. The number of anilines is 3. The average Bonchev–Trinajstić information content (AvgIpc) is 3.33. The lowest BCUT2D eigenvalue weighted by Gasteiger charge is -2.16. The second-order valence-electron chi connectivity index (χ2n) is 6.99. The van der Waals surface area contributed by atoms with Crippen molar-refractivity contribution in [3.05, 3.63) is 59.7 Å². The predicted molar refractivity (Wildman–Crippen MR) is 117 cm³/mol. The Labute approximate surface area is 173 Å². The molecule has 0 atom stereocenters. The van der Waals surface area contributed by atoms with Gasteiger partial charge in [0.05, 0.1) is 5.75 Å². The molecule has 4 rings (SSSR count). The summed E-state index contributed by atoms with van der Waals surface area (Å²) >= 11 is 2.91. The largest absolute Gasteiger partial charge is 0.330 e. The summed E-state index contributed by atoms with van der Waals surface area (Å²) in [5, 5.41) is 12.4. The molecule has 28 heavy (non-hydrogen) atoms. The number of rotatable bonds is 6. The fraction of sp³-hybridized carbons (Fsp3) is 0.286. The summed E-state index contributed by atoms with van der Waals surface area (Å²) in [5.74, 6) is 0.995. The molecule has 5 nitrogen and oxygen atoms in total. The van der Waals surface area contributed by atoms with E-state index in [2.05, 4.69) is 59.7 Å². The molecule has 0 spiro atoms. The molecule has 0 saturated heterocycles. The van der Waals surface area contributed by atoms with Gasteiger partial charge >= 0.3 is 0 Å². The van der Waals surface area contributed by atoms with Crippen molar-refractivity contribution in [1.29, 1.82) is 0 Å². The molecule has 1 amide bonds. The van der Waals surface area contributed by atoms with Gasteiger partial charge in [-0.2, -0.15) is 0 Å². The molecule has 1 aliphatic heterocycles. The zero-order valence-corrected chi connectivity index (χ0v) is 17.5. The maximum absolute atomic E-state index is 12.6. The minimum atomic E-state index is 0.115. The highest BCUT2D eigenvalue weighted by atomic mass is 32.2. The van der Waals surface area contributed by atoms with Crippen LogP contribution in [-0.4, -0.2) is 28.4 Å². The first-order chi connectivity index (χ1) is 13.6. The molecule has 1 N–H and O–H groups in total. The zero-order chi connectivity index (χ0) is 19.5.